The monoisotopic (exact) mass is 442 g/mol. The Morgan fingerprint density at radius 2 is 1.97 bits per heavy atom. The maximum Gasteiger partial charge on any atom is 0.251 e. The number of carbonyl (C=O) groups excluding carboxylic acids is 1. The van der Waals surface area contributed by atoms with Crippen molar-refractivity contribution in [3.63, 3.8) is 0 Å². The van der Waals surface area contributed by atoms with Gasteiger partial charge < -0.3 is 14.6 Å². The number of aromatic nitrogens is 2. The van der Waals surface area contributed by atoms with Crippen LogP contribution in [0.25, 0.3) is 11.0 Å². The molecule has 2 aromatic carbocycles. The number of nitrogens with zero attached hydrogens (tertiary/aromatic N) is 2. The largest absolute Gasteiger partial charge is 0.377 e. The first-order valence-corrected chi connectivity index (χ1v) is 11.9. The highest BCUT2D eigenvalue weighted by molar-refractivity contribution is 7.89. The fourth-order valence-corrected chi connectivity index (χ4v) is 4.69. The van der Waals surface area contributed by atoms with Crippen LogP contribution in [0.5, 0.6) is 0 Å². The second-order valence-electron chi connectivity index (χ2n) is 7.55. The molecule has 3 aromatic rings. The molecule has 1 aliphatic rings. The molecule has 4 rings (SSSR count). The van der Waals surface area contributed by atoms with E-state index in [2.05, 4.69) is 19.6 Å². The van der Waals surface area contributed by atoms with Gasteiger partial charge in [0.05, 0.1) is 28.4 Å². The summed E-state index contributed by atoms with van der Waals surface area (Å²) in [5.74, 6) is -0.230. The molecule has 1 aromatic heterocycles. The third-order valence-corrected chi connectivity index (χ3v) is 6.78. The summed E-state index contributed by atoms with van der Waals surface area (Å²) >= 11 is 0. The molecule has 164 valence electrons. The lowest BCUT2D eigenvalue weighted by Crippen LogP contribution is -2.32. The van der Waals surface area contributed by atoms with Gasteiger partial charge >= 0.3 is 0 Å². The van der Waals surface area contributed by atoms with Crippen molar-refractivity contribution in [2.75, 3.05) is 19.7 Å². The Labute approximate surface area is 181 Å². The van der Waals surface area contributed by atoms with E-state index < -0.39 is 10.0 Å². The first kappa shape index (κ1) is 21.5. The summed E-state index contributed by atoms with van der Waals surface area (Å²) < 4.78 is 34.9. The van der Waals surface area contributed by atoms with Gasteiger partial charge in [0.25, 0.3) is 5.91 Å². The molecule has 0 saturated carbocycles. The standard InChI is InChI=1S/C22H26N4O4S/c27-22(23-12-4-13-26-16-24-20-6-1-2-7-21(20)26)17-8-10-19(11-9-17)31(28,29)25-15-18-5-3-14-30-18/h1-2,6-11,16,18,25H,3-5,12-15H2,(H,23,27)/t18-/m0/s1. The van der Waals surface area contributed by atoms with Crippen molar-refractivity contribution in [1.29, 1.82) is 0 Å². The quantitative estimate of drug-likeness (QED) is 0.495. The van der Waals surface area contributed by atoms with E-state index in [1.165, 1.54) is 24.3 Å². The zero-order valence-corrected chi connectivity index (χ0v) is 18.0. The fourth-order valence-electron chi connectivity index (χ4n) is 3.62. The molecule has 9 heteroatoms. The van der Waals surface area contributed by atoms with Crippen LogP contribution in [0.15, 0.2) is 59.8 Å². The Balaban J connectivity index is 1.26. The zero-order valence-electron chi connectivity index (χ0n) is 17.2. The Morgan fingerprint density at radius 3 is 2.74 bits per heavy atom. The highest BCUT2D eigenvalue weighted by Crippen LogP contribution is 2.14. The normalized spacial score (nSPS) is 16.6. The number of imidazole rings is 1. The summed E-state index contributed by atoms with van der Waals surface area (Å²) in [4.78, 5) is 16.9. The number of aryl methyl sites for hydroxylation is 1. The molecule has 0 spiro atoms. The topological polar surface area (TPSA) is 102 Å². The van der Waals surface area contributed by atoms with Crippen LogP contribution in [0.1, 0.15) is 29.6 Å². The van der Waals surface area contributed by atoms with E-state index in [1.807, 2.05) is 24.3 Å². The molecule has 1 atom stereocenters. The van der Waals surface area contributed by atoms with Gasteiger partial charge in [0.2, 0.25) is 10.0 Å². The van der Waals surface area contributed by atoms with Gasteiger partial charge in [0.1, 0.15) is 0 Å². The van der Waals surface area contributed by atoms with Crippen molar-refractivity contribution in [2.24, 2.45) is 0 Å². The summed E-state index contributed by atoms with van der Waals surface area (Å²) in [5, 5.41) is 2.88. The average molecular weight is 443 g/mol. The number of benzene rings is 2. The number of carbonyl (C=O) groups is 1. The van der Waals surface area contributed by atoms with Gasteiger partial charge in [-0.05, 0) is 55.7 Å². The lowest BCUT2D eigenvalue weighted by Gasteiger charge is -2.12. The Bertz CT molecular complexity index is 1140. The first-order valence-electron chi connectivity index (χ1n) is 10.4. The summed E-state index contributed by atoms with van der Waals surface area (Å²) in [6, 6.07) is 13.9. The number of hydrogen-bond acceptors (Lipinski definition) is 5. The number of para-hydroxylation sites is 2. The van der Waals surface area contributed by atoms with E-state index >= 15 is 0 Å². The number of fused-ring (bicyclic) bond motifs is 1. The summed E-state index contributed by atoms with van der Waals surface area (Å²) in [6.07, 6.45) is 4.30. The molecule has 1 amide bonds. The van der Waals surface area contributed by atoms with Crippen molar-refractivity contribution in [3.05, 3.63) is 60.4 Å². The van der Waals surface area contributed by atoms with Crippen LogP contribution in [-0.2, 0) is 21.3 Å². The van der Waals surface area contributed by atoms with Crippen LogP contribution in [0.3, 0.4) is 0 Å². The number of sulfonamides is 1. The molecule has 2 heterocycles. The van der Waals surface area contributed by atoms with Crippen molar-refractivity contribution in [3.8, 4) is 0 Å². The minimum atomic E-state index is -3.62. The maximum atomic E-state index is 12.4. The van der Waals surface area contributed by atoms with Crippen LogP contribution in [0, 0.1) is 0 Å². The first-order chi connectivity index (χ1) is 15.0. The van der Waals surface area contributed by atoms with E-state index in [4.69, 9.17) is 4.74 Å². The Kier molecular flexibility index (Phi) is 6.64. The predicted octanol–water partition coefficient (Wildman–Crippen LogP) is 2.31. The molecule has 0 bridgehead atoms. The van der Waals surface area contributed by atoms with Crippen LogP contribution in [0.2, 0.25) is 0 Å². The SMILES string of the molecule is O=C(NCCCn1cnc2ccccc21)c1ccc(S(=O)(=O)NC[C@@H]2CCCO2)cc1. The second-order valence-corrected chi connectivity index (χ2v) is 9.31. The van der Waals surface area contributed by atoms with Gasteiger partial charge in [0.15, 0.2) is 0 Å². The van der Waals surface area contributed by atoms with Crippen molar-refractivity contribution in [2.45, 2.75) is 36.8 Å². The lowest BCUT2D eigenvalue weighted by molar-refractivity contribution is 0.0952. The second kappa shape index (κ2) is 9.59. The molecule has 8 nitrogen and oxygen atoms in total. The van der Waals surface area contributed by atoms with Gasteiger partial charge in [-0.15, -0.1) is 0 Å². The molecule has 0 radical (unpaired) electrons. The average Bonchev–Trinajstić information content (AvgIpc) is 3.45. The predicted molar refractivity (Wildman–Crippen MR) is 117 cm³/mol. The number of amides is 1. The molecule has 2 N–H and O–H groups in total. The third kappa shape index (κ3) is 5.30. The molecular formula is C22H26N4O4S. The van der Waals surface area contributed by atoms with Crippen molar-refractivity contribution >= 4 is 27.0 Å². The smallest absolute Gasteiger partial charge is 0.251 e. The van der Waals surface area contributed by atoms with Gasteiger partial charge in [-0.2, -0.15) is 0 Å². The van der Waals surface area contributed by atoms with Gasteiger partial charge in [-0.25, -0.2) is 18.1 Å². The Morgan fingerprint density at radius 1 is 1.16 bits per heavy atom. The molecule has 1 fully saturated rings. The number of ether oxygens (including phenoxy) is 1. The van der Waals surface area contributed by atoms with Crippen molar-refractivity contribution < 1.29 is 17.9 Å². The van der Waals surface area contributed by atoms with Gasteiger partial charge in [-0.1, -0.05) is 12.1 Å². The fraction of sp³-hybridized carbons (Fsp3) is 0.364. The zero-order chi connectivity index (χ0) is 21.7. The molecule has 1 saturated heterocycles. The Hall–Kier alpha value is -2.75. The minimum absolute atomic E-state index is 0.0693. The van der Waals surface area contributed by atoms with Crippen LogP contribution in [0.4, 0.5) is 0 Å². The number of nitrogens with one attached hydrogen (secondary N) is 2. The minimum Gasteiger partial charge on any atom is -0.377 e. The summed E-state index contributed by atoms with van der Waals surface area (Å²) in [7, 11) is -3.62. The molecule has 0 unspecified atom stereocenters. The molecule has 1 aliphatic heterocycles. The molecule has 31 heavy (non-hydrogen) atoms. The maximum absolute atomic E-state index is 12.4. The highest BCUT2D eigenvalue weighted by Gasteiger charge is 2.20. The molecule has 0 aliphatic carbocycles. The summed E-state index contributed by atoms with van der Waals surface area (Å²) in [6.45, 7) is 2.19. The van der Waals surface area contributed by atoms with E-state index in [-0.39, 0.29) is 23.5 Å². The highest BCUT2D eigenvalue weighted by atomic mass is 32.2. The number of hydrogen-bond donors (Lipinski definition) is 2. The summed E-state index contributed by atoms with van der Waals surface area (Å²) in [5.41, 5.74) is 2.44. The number of rotatable bonds is 9. The van der Waals surface area contributed by atoms with Gasteiger partial charge in [-0.3, -0.25) is 4.79 Å². The van der Waals surface area contributed by atoms with Crippen LogP contribution < -0.4 is 10.0 Å². The van der Waals surface area contributed by atoms with Crippen LogP contribution in [-0.4, -0.2) is 49.7 Å². The lowest BCUT2D eigenvalue weighted by atomic mass is 10.2. The van der Waals surface area contributed by atoms with E-state index in [9.17, 15) is 13.2 Å². The van der Waals surface area contributed by atoms with Gasteiger partial charge in [0, 0.05) is 31.8 Å². The van der Waals surface area contributed by atoms with Crippen molar-refractivity contribution in [1.82, 2.24) is 19.6 Å². The van der Waals surface area contributed by atoms with E-state index in [1.54, 1.807) is 6.33 Å². The molecular weight excluding hydrogens is 416 g/mol. The van der Waals surface area contributed by atoms with Crippen LogP contribution >= 0.6 is 0 Å². The van der Waals surface area contributed by atoms with E-state index in [0.717, 1.165) is 36.8 Å². The third-order valence-electron chi connectivity index (χ3n) is 5.34. The van der Waals surface area contributed by atoms with E-state index in [0.29, 0.717) is 18.7 Å².